The molecule has 0 saturated heterocycles. The van der Waals surface area contributed by atoms with Gasteiger partial charge in [-0.05, 0) is 47.6 Å². The molecule has 1 N–H and O–H groups in total. The highest BCUT2D eigenvalue weighted by molar-refractivity contribution is 9.10. The number of ketones is 2. The van der Waals surface area contributed by atoms with E-state index in [4.69, 9.17) is 12.2 Å². The van der Waals surface area contributed by atoms with E-state index in [1.807, 2.05) is 62.4 Å². The van der Waals surface area contributed by atoms with E-state index in [9.17, 15) is 28.8 Å². The highest BCUT2D eigenvalue weighted by Crippen LogP contribution is 2.24. The second-order valence-electron chi connectivity index (χ2n) is 12.2. The van der Waals surface area contributed by atoms with Gasteiger partial charge in [-0.2, -0.15) is 0 Å². The first-order valence-electron chi connectivity index (χ1n) is 16.8. The molecule has 0 aliphatic rings. The van der Waals surface area contributed by atoms with Crippen LogP contribution < -0.4 is 22.5 Å². The molecule has 6 aromatic rings. The zero-order chi connectivity index (χ0) is 40.7. The molecule has 19 heteroatoms. The number of rotatable bonds is 10. The Labute approximate surface area is 349 Å². The van der Waals surface area contributed by atoms with Crippen molar-refractivity contribution in [2.24, 2.45) is 28.2 Å². The van der Waals surface area contributed by atoms with Crippen LogP contribution in [0.3, 0.4) is 0 Å². The number of nitrogens with zero attached hydrogens (tertiary/aromatic N) is 7. The summed E-state index contributed by atoms with van der Waals surface area (Å²) in [5, 5.41) is 1.05. The first-order chi connectivity index (χ1) is 26.0. The number of carbonyl (C=O) groups excluding carboxylic acids is 2. The Balaban J connectivity index is 0.000000216. The van der Waals surface area contributed by atoms with Crippen molar-refractivity contribution >= 4 is 106 Å². The van der Waals surface area contributed by atoms with Gasteiger partial charge < -0.3 is 14.1 Å². The van der Waals surface area contributed by atoms with Crippen LogP contribution in [0.1, 0.15) is 37.8 Å². The molecule has 4 aromatic heterocycles. The van der Waals surface area contributed by atoms with E-state index in [-0.39, 0.29) is 28.6 Å². The number of hydrogen-bond acceptors (Lipinski definition) is 9. The topological polar surface area (TPSA) is 161 Å². The number of fused-ring (bicyclic) bond motifs is 2. The summed E-state index contributed by atoms with van der Waals surface area (Å²) in [7, 11) is 6.11. The Morgan fingerprint density at radius 2 is 1.25 bits per heavy atom. The average molecular weight is 984 g/mol. The number of aryl methyl sites for hydroxylation is 2. The number of halogens is 3. The lowest BCUT2D eigenvalue weighted by Crippen LogP contribution is -2.37. The van der Waals surface area contributed by atoms with Crippen molar-refractivity contribution in [3.63, 3.8) is 0 Å². The van der Waals surface area contributed by atoms with E-state index in [0.717, 1.165) is 29.2 Å². The first kappa shape index (κ1) is 43.8. The molecule has 292 valence electrons. The predicted octanol–water partition coefficient (Wildman–Crippen LogP) is 5.58. The molecule has 0 radical (unpaired) electrons. The molecule has 4 heterocycles. The molecule has 0 aliphatic heterocycles. The summed E-state index contributed by atoms with van der Waals surface area (Å²) < 4.78 is 10.7. The predicted molar refractivity (Wildman–Crippen MR) is 229 cm³/mol. The SMILES string of the molecule is CCC(=O)CBr.CCC(=O)CSc1nc2c(c(=O)n(C)c(=O)n2C)n1Cc1cccc(Br)c1.Cn1c(=O)c2c([nH]c(=S)n2Cc2cccc(Br)c2)n(C)c1=O. The van der Waals surface area contributed by atoms with E-state index in [1.54, 1.807) is 23.2 Å². The van der Waals surface area contributed by atoms with Gasteiger partial charge in [0.15, 0.2) is 26.6 Å². The third kappa shape index (κ3) is 10.1. The molecule has 55 heavy (non-hydrogen) atoms. The number of H-pyrrole nitrogens is 1. The molecule has 14 nitrogen and oxygen atoms in total. The molecule has 6 rings (SSSR count). The number of nitrogens with one attached hydrogen (secondary N) is 1. The fourth-order valence-corrected chi connectivity index (χ4v) is 7.79. The fourth-order valence-electron chi connectivity index (χ4n) is 5.29. The molecule has 2 aromatic carbocycles. The number of aromatic nitrogens is 8. The Morgan fingerprint density at radius 3 is 1.75 bits per heavy atom. The van der Waals surface area contributed by atoms with Crippen LogP contribution in [0.5, 0.6) is 0 Å². The minimum absolute atomic E-state index is 0.0999. The molecule has 0 unspecified atom stereocenters. The normalized spacial score (nSPS) is 10.9. The fraction of sp³-hybridized carbons (Fsp3) is 0.333. The number of Topliss-reactive ketones (excluding diaryl/α,β-unsaturated/α-hetero) is 2. The van der Waals surface area contributed by atoms with Gasteiger partial charge in [-0.3, -0.25) is 37.4 Å². The van der Waals surface area contributed by atoms with Gasteiger partial charge in [0.25, 0.3) is 11.1 Å². The summed E-state index contributed by atoms with van der Waals surface area (Å²) in [5.74, 6) is 0.630. The van der Waals surface area contributed by atoms with Crippen molar-refractivity contribution in [2.75, 3.05) is 11.1 Å². The molecule has 0 bridgehead atoms. The minimum atomic E-state index is -0.430. The van der Waals surface area contributed by atoms with Gasteiger partial charge in [-0.25, -0.2) is 14.6 Å². The summed E-state index contributed by atoms with van der Waals surface area (Å²) in [6, 6.07) is 15.5. The van der Waals surface area contributed by atoms with Crippen molar-refractivity contribution < 1.29 is 9.59 Å². The Hall–Kier alpha value is -3.91. The maximum Gasteiger partial charge on any atom is 0.332 e. The quantitative estimate of drug-likeness (QED) is 0.105. The van der Waals surface area contributed by atoms with Crippen LogP contribution in [-0.4, -0.2) is 60.0 Å². The van der Waals surface area contributed by atoms with Crippen LogP contribution in [0.4, 0.5) is 0 Å². The van der Waals surface area contributed by atoms with E-state index < -0.39 is 11.2 Å². The van der Waals surface area contributed by atoms with Crippen molar-refractivity contribution in [3.05, 3.63) is 115 Å². The van der Waals surface area contributed by atoms with Gasteiger partial charge in [0, 0.05) is 50.0 Å². The molecule has 0 aliphatic carbocycles. The maximum absolute atomic E-state index is 12.8. The molecule has 0 saturated carbocycles. The van der Waals surface area contributed by atoms with Crippen molar-refractivity contribution in [3.8, 4) is 0 Å². The molecule has 0 spiro atoms. The summed E-state index contributed by atoms with van der Waals surface area (Å²) in [5.41, 5.74) is 1.91. The van der Waals surface area contributed by atoms with Crippen LogP contribution in [0.15, 0.2) is 81.8 Å². The van der Waals surface area contributed by atoms with Gasteiger partial charge in [0.2, 0.25) is 0 Å². The van der Waals surface area contributed by atoms with Crippen LogP contribution in [0.2, 0.25) is 0 Å². The standard InChI is InChI=1S/C18H19BrN4O3S.C14H13BrN4O2S.C4H7BrO/c1-4-13(24)10-27-17-20-15-14(16(25)22(3)18(26)21(15)2)23(17)9-11-6-5-7-12(19)8-11;1-17-11-10(12(20)18(2)14(17)21)19(13(22)16-11)7-8-4-3-5-9(15)6-8;1-2-4(6)3-5/h5-8H,4,9-10H2,1-3H3;3-6H,7H2,1-2H3,(H,16,22);2-3H2,1H3. The third-order valence-corrected chi connectivity index (χ3v) is 11.4. The number of alkyl halides is 1. The Morgan fingerprint density at radius 1 is 0.745 bits per heavy atom. The van der Waals surface area contributed by atoms with E-state index in [1.165, 1.54) is 35.0 Å². The largest absolute Gasteiger partial charge is 0.332 e. The zero-order valence-corrected chi connectivity index (χ0v) is 37.3. The second kappa shape index (κ2) is 19.3. The third-order valence-electron chi connectivity index (χ3n) is 8.45. The van der Waals surface area contributed by atoms with Crippen molar-refractivity contribution in [2.45, 2.75) is 44.9 Å². The van der Waals surface area contributed by atoms with Gasteiger partial charge in [-0.1, -0.05) is 97.7 Å². The smallest absolute Gasteiger partial charge is 0.316 e. The molecule has 0 fully saturated rings. The maximum atomic E-state index is 12.8. The minimum Gasteiger partial charge on any atom is -0.316 e. The Bertz CT molecular complexity index is 2700. The molecule has 0 amide bonds. The van der Waals surface area contributed by atoms with E-state index >= 15 is 0 Å². The number of thioether (sulfide) groups is 1. The number of benzene rings is 2. The Kier molecular flexibility index (Phi) is 15.4. The lowest BCUT2D eigenvalue weighted by molar-refractivity contribution is -0.117. The van der Waals surface area contributed by atoms with Crippen LogP contribution >= 0.6 is 71.8 Å². The van der Waals surface area contributed by atoms with Crippen molar-refractivity contribution in [1.29, 1.82) is 0 Å². The van der Waals surface area contributed by atoms with Gasteiger partial charge in [0.05, 0.1) is 24.2 Å². The molecular formula is C36H39Br3N8O6S2. The first-order valence-corrected chi connectivity index (χ1v) is 20.9. The second-order valence-corrected chi connectivity index (χ2v) is 16.0. The van der Waals surface area contributed by atoms with Gasteiger partial charge in [-0.15, -0.1) is 0 Å². The van der Waals surface area contributed by atoms with Crippen LogP contribution in [0, 0.1) is 4.77 Å². The number of imidazole rings is 2. The number of hydrogen-bond donors (Lipinski definition) is 1. The number of aromatic amines is 1. The van der Waals surface area contributed by atoms with Gasteiger partial charge in [0.1, 0.15) is 17.2 Å². The van der Waals surface area contributed by atoms with E-state index in [2.05, 4.69) is 57.8 Å². The summed E-state index contributed by atoms with van der Waals surface area (Å²) in [4.78, 5) is 78.8. The lowest BCUT2D eigenvalue weighted by atomic mass is 10.2. The van der Waals surface area contributed by atoms with Crippen molar-refractivity contribution in [1.82, 2.24) is 37.4 Å². The molecular weight excluding hydrogens is 944 g/mol. The highest BCUT2D eigenvalue weighted by Gasteiger charge is 2.20. The summed E-state index contributed by atoms with van der Waals surface area (Å²) in [6.45, 7) is 4.52. The van der Waals surface area contributed by atoms with Gasteiger partial charge >= 0.3 is 11.4 Å². The van der Waals surface area contributed by atoms with Crippen LogP contribution in [0.25, 0.3) is 22.3 Å². The summed E-state index contributed by atoms with van der Waals surface area (Å²) in [6.07, 6.45) is 1.09. The highest BCUT2D eigenvalue weighted by atomic mass is 79.9. The van der Waals surface area contributed by atoms with E-state index in [0.29, 0.717) is 63.5 Å². The zero-order valence-electron chi connectivity index (χ0n) is 30.9. The molecule has 0 atom stereocenters. The lowest BCUT2D eigenvalue weighted by Gasteiger charge is -2.10. The average Bonchev–Trinajstić information content (AvgIpc) is 3.70. The number of carbonyl (C=O) groups is 2. The van der Waals surface area contributed by atoms with Crippen LogP contribution in [-0.2, 0) is 50.9 Å². The monoisotopic (exact) mass is 980 g/mol. The summed E-state index contributed by atoms with van der Waals surface area (Å²) >= 11 is 16.5.